The van der Waals surface area contributed by atoms with Crippen LogP contribution >= 0.6 is 11.3 Å². The van der Waals surface area contributed by atoms with E-state index in [1.54, 1.807) is 24.3 Å². The summed E-state index contributed by atoms with van der Waals surface area (Å²) in [6, 6.07) is 8.15. The molecule has 94 valence electrons. The average Bonchev–Trinajstić information content (AvgIpc) is 2.84. The van der Waals surface area contributed by atoms with Crippen molar-refractivity contribution in [1.29, 1.82) is 0 Å². The van der Waals surface area contributed by atoms with Gasteiger partial charge in [0, 0.05) is 11.2 Å². The topological polar surface area (TPSA) is 38.3 Å². The minimum Gasteiger partial charge on any atom is -0.416 e. The lowest BCUT2D eigenvalue weighted by atomic mass is 10.2. The lowest BCUT2D eigenvalue weighted by molar-refractivity contribution is 0.175. The van der Waals surface area contributed by atoms with Gasteiger partial charge in [0.2, 0.25) is 0 Å². The second-order valence-corrected chi connectivity index (χ2v) is 4.81. The third-order valence-electron chi connectivity index (χ3n) is 2.64. The Kier molecular flexibility index (Phi) is 3.99. The first-order chi connectivity index (χ1) is 8.70. The fraction of sp³-hybridized carbons (Fsp3) is 0.214. The van der Waals surface area contributed by atoms with E-state index in [9.17, 15) is 4.79 Å². The van der Waals surface area contributed by atoms with Crippen molar-refractivity contribution in [3.05, 3.63) is 47.0 Å². The number of benzene rings is 1. The first kappa shape index (κ1) is 12.6. The predicted molar refractivity (Wildman–Crippen MR) is 74.6 cm³/mol. The number of thiophene rings is 1. The molecule has 1 amide bonds. The van der Waals surface area contributed by atoms with Crippen LogP contribution in [0.5, 0.6) is 0 Å². The van der Waals surface area contributed by atoms with Gasteiger partial charge in [0.15, 0.2) is 0 Å². The van der Waals surface area contributed by atoms with E-state index in [4.69, 9.17) is 4.74 Å². The number of fused-ring (bicyclic) bond motifs is 1. The van der Waals surface area contributed by atoms with E-state index in [1.165, 1.54) is 10.1 Å². The summed E-state index contributed by atoms with van der Waals surface area (Å²) in [6.07, 6.45) is 1.33. The van der Waals surface area contributed by atoms with Gasteiger partial charge in [-0.3, -0.25) is 0 Å². The number of ether oxygens (including phenoxy) is 1. The number of hydrogen-bond donors (Lipinski definition) is 1. The van der Waals surface area contributed by atoms with Gasteiger partial charge in [-0.05, 0) is 42.3 Å². The Balaban J connectivity index is 2.02. The van der Waals surface area contributed by atoms with Gasteiger partial charge in [-0.25, -0.2) is 4.79 Å². The van der Waals surface area contributed by atoms with Gasteiger partial charge in [-0.1, -0.05) is 18.2 Å². The van der Waals surface area contributed by atoms with Crippen LogP contribution in [0.3, 0.4) is 0 Å². The standard InChI is InChI=1S/C14H15NO2S/c1-3-10(2)17-14(16)15-9-12-6-4-5-11-7-8-18-13(11)12/h3-8H,9H2,1-2H3,(H,15,16)/b10-3+. The molecule has 0 radical (unpaired) electrons. The van der Waals surface area contributed by atoms with Crippen molar-refractivity contribution >= 4 is 27.5 Å². The molecule has 1 N–H and O–H groups in total. The van der Waals surface area contributed by atoms with E-state index in [0.29, 0.717) is 12.3 Å². The monoisotopic (exact) mass is 261 g/mol. The Hall–Kier alpha value is -1.81. The van der Waals surface area contributed by atoms with Crippen LogP contribution in [0, 0.1) is 0 Å². The second kappa shape index (κ2) is 5.69. The molecule has 0 bridgehead atoms. The molecule has 4 heteroatoms. The van der Waals surface area contributed by atoms with Crippen molar-refractivity contribution in [2.45, 2.75) is 20.4 Å². The molecule has 2 aromatic rings. The van der Waals surface area contributed by atoms with Crippen molar-refractivity contribution in [3.63, 3.8) is 0 Å². The van der Waals surface area contributed by atoms with Gasteiger partial charge in [-0.2, -0.15) is 0 Å². The lowest BCUT2D eigenvalue weighted by Gasteiger charge is -2.07. The Bertz CT molecular complexity index is 586. The third kappa shape index (κ3) is 2.90. The largest absolute Gasteiger partial charge is 0.416 e. The molecule has 0 aliphatic carbocycles. The van der Waals surface area contributed by atoms with Crippen LogP contribution in [0.1, 0.15) is 19.4 Å². The fourth-order valence-corrected chi connectivity index (χ4v) is 2.52. The summed E-state index contributed by atoms with van der Waals surface area (Å²) < 4.78 is 6.24. The van der Waals surface area contributed by atoms with Crippen LogP contribution in [-0.2, 0) is 11.3 Å². The predicted octanol–water partition coefficient (Wildman–Crippen LogP) is 4.05. The van der Waals surface area contributed by atoms with Crippen molar-refractivity contribution in [1.82, 2.24) is 5.32 Å². The van der Waals surface area contributed by atoms with Crippen LogP contribution in [0.25, 0.3) is 10.1 Å². The molecule has 0 aliphatic rings. The first-order valence-corrected chi connectivity index (χ1v) is 6.62. The SMILES string of the molecule is C/C=C(\C)OC(=O)NCc1cccc2ccsc12. The highest BCUT2D eigenvalue weighted by molar-refractivity contribution is 7.17. The molecule has 0 saturated carbocycles. The van der Waals surface area contributed by atoms with Crippen molar-refractivity contribution in [2.24, 2.45) is 0 Å². The quantitative estimate of drug-likeness (QED) is 0.846. The Morgan fingerprint density at radius 2 is 2.28 bits per heavy atom. The van der Waals surface area contributed by atoms with Crippen molar-refractivity contribution < 1.29 is 9.53 Å². The Morgan fingerprint density at radius 3 is 3.06 bits per heavy atom. The fourth-order valence-electron chi connectivity index (χ4n) is 1.60. The lowest BCUT2D eigenvalue weighted by Crippen LogP contribution is -2.23. The van der Waals surface area contributed by atoms with Gasteiger partial charge < -0.3 is 10.1 Å². The van der Waals surface area contributed by atoms with E-state index in [1.807, 2.05) is 19.1 Å². The Labute approximate surface area is 110 Å². The number of carbonyl (C=O) groups is 1. The maximum Gasteiger partial charge on any atom is 0.412 e. The molecule has 2 rings (SSSR count). The molecular weight excluding hydrogens is 246 g/mol. The van der Waals surface area contributed by atoms with Gasteiger partial charge in [0.1, 0.15) is 5.76 Å². The normalized spacial score (nSPS) is 11.6. The third-order valence-corrected chi connectivity index (χ3v) is 3.65. The molecule has 3 nitrogen and oxygen atoms in total. The van der Waals surface area contributed by atoms with E-state index < -0.39 is 6.09 Å². The number of amides is 1. The Morgan fingerprint density at radius 1 is 1.44 bits per heavy atom. The number of alkyl carbamates (subject to hydrolysis) is 1. The molecule has 1 aromatic carbocycles. The zero-order valence-corrected chi connectivity index (χ0v) is 11.2. The highest BCUT2D eigenvalue weighted by atomic mass is 32.1. The van der Waals surface area contributed by atoms with Crippen molar-refractivity contribution in [3.8, 4) is 0 Å². The number of carbonyl (C=O) groups excluding carboxylic acids is 1. The van der Waals surface area contributed by atoms with Crippen LogP contribution in [-0.4, -0.2) is 6.09 Å². The first-order valence-electron chi connectivity index (χ1n) is 5.74. The van der Waals surface area contributed by atoms with Crippen LogP contribution in [0.4, 0.5) is 4.79 Å². The van der Waals surface area contributed by atoms with Crippen LogP contribution in [0.2, 0.25) is 0 Å². The molecular formula is C14H15NO2S. The highest BCUT2D eigenvalue weighted by Gasteiger charge is 2.06. The molecule has 18 heavy (non-hydrogen) atoms. The molecule has 0 unspecified atom stereocenters. The minimum atomic E-state index is -0.417. The zero-order chi connectivity index (χ0) is 13.0. The van der Waals surface area contributed by atoms with Gasteiger partial charge in [0.25, 0.3) is 0 Å². The molecule has 0 fully saturated rings. The van der Waals surface area contributed by atoms with Crippen LogP contribution < -0.4 is 5.32 Å². The molecule has 0 saturated heterocycles. The van der Waals surface area contributed by atoms with Gasteiger partial charge in [-0.15, -0.1) is 11.3 Å². The summed E-state index contributed by atoms with van der Waals surface area (Å²) in [4.78, 5) is 11.5. The summed E-state index contributed by atoms with van der Waals surface area (Å²) >= 11 is 1.68. The van der Waals surface area contributed by atoms with E-state index >= 15 is 0 Å². The number of hydrogen-bond acceptors (Lipinski definition) is 3. The summed E-state index contributed by atoms with van der Waals surface area (Å²) in [6.45, 7) is 4.06. The van der Waals surface area contributed by atoms with E-state index in [-0.39, 0.29) is 0 Å². The molecule has 0 atom stereocenters. The zero-order valence-electron chi connectivity index (χ0n) is 10.4. The smallest absolute Gasteiger partial charge is 0.412 e. The summed E-state index contributed by atoms with van der Waals surface area (Å²) in [5.41, 5.74) is 1.11. The summed E-state index contributed by atoms with van der Waals surface area (Å²) in [5, 5.41) is 6.01. The molecule has 0 aliphatic heterocycles. The molecule has 1 heterocycles. The maximum atomic E-state index is 11.5. The van der Waals surface area contributed by atoms with Gasteiger partial charge in [0.05, 0.1) is 0 Å². The number of nitrogens with one attached hydrogen (secondary N) is 1. The van der Waals surface area contributed by atoms with E-state index in [2.05, 4.69) is 22.8 Å². The van der Waals surface area contributed by atoms with Gasteiger partial charge >= 0.3 is 6.09 Å². The highest BCUT2D eigenvalue weighted by Crippen LogP contribution is 2.24. The summed E-state index contributed by atoms with van der Waals surface area (Å²) in [5.74, 6) is 0.599. The molecule has 0 spiro atoms. The number of allylic oxidation sites excluding steroid dienone is 2. The summed E-state index contributed by atoms with van der Waals surface area (Å²) in [7, 11) is 0. The van der Waals surface area contributed by atoms with Crippen molar-refractivity contribution in [2.75, 3.05) is 0 Å². The molecule has 1 aromatic heterocycles. The number of rotatable bonds is 3. The minimum absolute atomic E-state index is 0.417. The van der Waals surface area contributed by atoms with Crippen LogP contribution in [0.15, 0.2) is 41.5 Å². The van der Waals surface area contributed by atoms with E-state index in [0.717, 1.165) is 5.56 Å². The average molecular weight is 261 g/mol. The maximum absolute atomic E-state index is 11.5. The second-order valence-electron chi connectivity index (χ2n) is 3.90.